The van der Waals surface area contributed by atoms with Crippen LogP contribution in [0.2, 0.25) is 0 Å². The second-order valence-electron chi connectivity index (χ2n) is 4.67. The summed E-state index contributed by atoms with van der Waals surface area (Å²) in [5.74, 6) is 0. The van der Waals surface area contributed by atoms with Crippen LogP contribution in [-0.2, 0) is 6.42 Å². The maximum atomic E-state index is 2.25. The quantitative estimate of drug-likeness (QED) is 0.635. The molecule has 0 aliphatic heterocycles. The minimum absolute atomic E-state index is 1.16. The Balaban J connectivity index is 0.000000861. The van der Waals surface area contributed by atoms with E-state index in [-0.39, 0.29) is 0 Å². The topological polar surface area (TPSA) is 0 Å². The fourth-order valence-corrected chi connectivity index (χ4v) is 2.41. The molecule has 0 nitrogen and oxygen atoms in total. The third-order valence-electron chi connectivity index (χ3n) is 3.35. The Morgan fingerprint density at radius 3 is 1.95 bits per heavy atom. The van der Waals surface area contributed by atoms with Gasteiger partial charge >= 0.3 is 0 Å². The lowest BCUT2D eigenvalue weighted by atomic mass is 9.91. The summed E-state index contributed by atoms with van der Waals surface area (Å²) < 4.78 is 0. The molecule has 0 radical (unpaired) electrons. The van der Waals surface area contributed by atoms with Gasteiger partial charge in [0.05, 0.1) is 0 Å². The third-order valence-corrected chi connectivity index (χ3v) is 3.35. The molecule has 0 fully saturated rings. The molecule has 0 N–H and O–H groups in total. The summed E-state index contributed by atoms with van der Waals surface area (Å²) in [7, 11) is 0. The van der Waals surface area contributed by atoms with Gasteiger partial charge in [-0.05, 0) is 48.1 Å². The van der Waals surface area contributed by atoms with E-state index in [9.17, 15) is 0 Å². The van der Waals surface area contributed by atoms with Crippen molar-refractivity contribution in [1.29, 1.82) is 0 Å². The molecule has 0 unspecified atom stereocenters. The van der Waals surface area contributed by atoms with Crippen LogP contribution in [0.1, 0.15) is 43.9 Å². The maximum absolute atomic E-state index is 2.25. The zero-order valence-corrected chi connectivity index (χ0v) is 13.0. The van der Waals surface area contributed by atoms with Crippen LogP contribution in [0.3, 0.4) is 0 Å². The van der Waals surface area contributed by atoms with Crippen LogP contribution < -0.4 is 0 Å². The van der Waals surface area contributed by atoms with Crippen LogP contribution in [0.25, 0.3) is 11.1 Å². The summed E-state index contributed by atoms with van der Waals surface area (Å²) in [6.07, 6.45) is 2.36. The molecule has 0 saturated carbocycles. The van der Waals surface area contributed by atoms with Gasteiger partial charge in [0.1, 0.15) is 0 Å². The van der Waals surface area contributed by atoms with Crippen LogP contribution >= 0.6 is 0 Å². The van der Waals surface area contributed by atoms with E-state index in [1.807, 2.05) is 13.8 Å². The van der Waals surface area contributed by atoms with Crippen molar-refractivity contribution in [2.75, 3.05) is 0 Å². The Morgan fingerprint density at radius 2 is 1.32 bits per heavy atom. The highest BCUT2D eigenvalue weighted by Gasteiger charge is 2.08. The predicted octanol–water partition coefficient (Wildman–Crippen LogP) is 5.95. The fraction of sp³-hybridized carbons (Fsp3) is 0.368. The van der Waals surface area contributed by atoms with Gasteiger partial charge in [0.2, 0.25) is 0 Å². The molecular weight excluding hydrogens is 228 g/mol. The zero-order valence-electron chi connectivity index (χ0n) is 13.0. The molecular formula is C19H26. The molecule has 0 heterocycles. The Bertz CT molecular complexity index is 509. The standard InChI is InChI=1S/C17H20.C2H6/c1-4-8-15-14(3)10-7-12-17(15)16-11-6-5-9-13(16)2;1-2/h5-7,9-12H,4,8H2,1-3H3;1-2H3. The molecule has 19 heavy (non-hydrogen) atoms. The Labute approximate surface area is 118 Å². The molecule has 0 spiro atoms. The van der Waals surface area contributed by atoms with Gasteiger partial charge in [0.25, 0.3) is 0 Å². The van der Waals surface area contributed by atoms with Crippen molar-refractivity contribution in [2.45, 2.75) is 47.5 Å². The molecule has 0 amide bonds. The van der Waals surface area contributed by atoms with Crippen molar-refractivity contribution in [3.8, 4) is 11.1 Å². The van der Waals surface area contributed by atoms with Crippen molar-refractivity contribution in [2.24, 2.45) is 0 Å². The van der Waals surface area contributed by atoms with Crippen molar-refractivity contribution >= 4 is 0 Å². The molecule has 0 aliphatic carbocycles. The first kappa shape index (κ1) is 15.5. The lowest BCUT2D eigenvalue weighted by molar-refractivity contribution is 0.914. The van der Waals surface area contributed by atoms with Crippen LogP contribution in [0, 0.1) is 13.8 Å². The fourth-order valence-electron chi connectivity index (χ4n) is 2.41. The normalized spacial score (nSPS) is 9.74. The van der Waals surface area contributed by atoms with Crippen molar-refractivity contribution in [3.05, 3.63) is 59.2 Å². The second kappa shape index (κ2) is 7.78. The molecule has 2 rings (SSSR count). The third kappa shape index (κ3) is 3.70. The lowest BCUT2D eigenvalue weighted by Gasteiger charge is -2.14. The molecule has 0 atom stereocenters. The van der Waals surface area contributed by atoms with Crippen molar-refractivity contribution in [1.82, 2.24) is 0 Å². The summed E-state index contributed by atoms with van der Waals surface area (Å²) in [4.78, 5) is 0. The first-order valence-electron chi connectivity index (χ1n) is 7.38. The monoisotopic (exact) mass is 254 g/mol. The van der Waals surface area contributed by atoms with Gasteiger partial charge in [-0.2, -0.15) is 0 Å². The van der Waals surface area contributed by atoms with E-state index in [0.29, 0.717) is 0 Å². The van der Waals surface area contributed by atoms with E-state index in [2.05, 4.69) is 63.2 Å². The largest absolute Gasteiger partial charge is 0.0683 e. The SMILES string of the molecule is CC.CCCc1c(C)cccc1-c1ccccc1C. The smallest absolute Gasteiger partial charge is 0.0147 e. The van der Waals surface area contributed by atoms with E-state index >= 15 is 0 Å². The van der Waals surface area contributed by atoms with Gasteiger partial charge in [0, 0.05) is 0 Å². The highest BCUT2D eigenvalue weighted by atomic mass is 14.1. The minimum atomic E-state index is 1.16. The van der Waals surface area contributed by atoms with Gasteiger partial charge < -0.3 is 0 Å². The molecule has 102 valence electrons. The second-order valence-corrected chi connectivity index (χ2v) is 4.67. The number of rotatable bonds is 3. The Hall–Kier alpha value is -1.56. The van der Waals surface area contributed by atoms with E-state index in [1.54, 1.807) is 0 Å². The Kier molecular flexibility index (Phi) is 6.35. The lowest BCUT2D eigenvalue weighted by Crippen LogP contribution is -1.94. The van der Waals surface area contributed by atoms with Crippen LogP contribution in [-0.4, -0.2) is 0 Å². The summed E-state index contributed by atoms with van der Waals surface area (Å²) in [5.41, 5.74) is 7.05. The minimum Gasteiger partial charge on any atom is -0.0683 e. The maximum Gasteiger partial charge on any atom is -0.0147 e. The van der Waals surface area contributed by atoms with Gasteiger partial charge in [-0.25, -0.2) is 0 Å². The van der Waals surface area contributed by atoms with Gasteiger partial charge in [-0.1, -0.05) is 69.7 Å². The average Bonchev–Trinajstić information content (AvgIpc) is 2.44. The Morgan fingerprint density at radius 1 is 0.737 bits per heavy atom. The number of hydrogen-bond donors (Lipinski definition) is 0. The zero-order chi connectivity index (χ0) is 14.3. The molecule has 2 aromatic rings. The molecule has 0 bridgehead atoms. The summed E-state index contributed by atoms with van der Waals surface area (Å²) >= 11 is 0. The van der Waals surface area contributed by atoms with E-state index in [0.717, 1.165) is 6.42 Å². The molecule has 0 aliphatic rings. The highest BCUT2D eigenvalue weighted by Crippen LogP contribution is 2.29. The summed E-state index contributed by atoms with van der Waals surface area (Å²) in [6, 6.07) is 15.3. The van der Waals surface area contributed by atoms with Gasteiger partial charge in [-0.15, -0.1) is 0 Å². The first-order chi connectivity index (χ1) is 9.24. The molecule has 2 aromatic carbocycles. The highest BCUT2D eigenvalue weighted by molar-refractivity contribution is 5.71. The van der Waals surface area contributed by atoms with Crippen LogP contribution in [0.4, 0.5) is 0 Å². The van der Waals surface area contributed by atoms with E-state index in [4.69, 9.17) is 0 Å². The van der Waals surface area contributed by atoms with E-state index in [1.165, 1.54) is 34.2 Å². The van der Waals surface area contributed by atoms with Crippen LogP contribution in [0.15, 0.2) is 42.5 Å². The summed E-state index contributed by atoms with van der Waals surface area (Å²) in [6.45, 7) is 10.6. The first-order valence-corrected chi connectivity index (χ1v) is 7.38. The van der Waals surface area contributed by atoms with Gasteiger partial charge in [0.15, 0.2) is 0 Å². The van der Waals surface area contributed by atoms with E-state index < -0.39 is 0 Å². The molecule has 0 saturated heterocycles. The number of aryl methyl sites for hydroxylation is 2. The average molecular weight is 254 g/mol. The molecule has 0 heteroatoms. The van der Waals surface area contributed by atoms with Crippen LogP contribution in [0.5, 0.6) is 0 Å². The molecule has 0 aromatic heterocycles. The van der Waals surface area contributed by atoms with Crippen molar-refractivity contribution in [3.63, 3.8) is 0 Å². The van der Waals surface area contributed by atoms with Crippen molar-refractivity contribution < 1.29 is 0 Å². The number of hydrogen-bond acceptors (Lipinski definition) is 0. The van der Waals surface area contributed by atoms with Gasteiger partial charge in [-0.3, -0.25) is 0 Å². The number of benzene rings is 2. The summed E-state index contributed by atoms with van der Waals surface area (Å²) in [5, 5.41) is 0. The predicted molar refractivity (Wildman–Crippen MR) is 86.7 cm³/mol.